The van der Waals surface area contributed by atoms with Gasteiger partial charge in [0.25, 0.3) is 0 Å². The Kier molecular flexibility index (Phi) is 16.8. The van der Waals surface area contributed by atoms with Gasteiger partial charge in [0.1, 0.15) is 6.61 Å². The summed E-state index contributed by atoms with van der Waals surface area (Å²) >= 11 is 0. The Labute approximate surface area is 128 Å². The van der Waals surface area contributed by atoms with Crippen LogP contribution >= 0.6 is 0 Å². The third-order valence-electron chi connectivity index (χ3n) is 2.65. The molecule has 126 valence electrons. The molecule has 0 N–H and O–H groups in total. The van der Waals surface area contributed by atoms with Crippen molar-refractivity contribution in [3.8, 4) is 0 Å². The zero-order valence-electron chi connectivity index (χ0n) is 13.4. The van der Waals surface area contributed by atoms with Gasteiger partial charge in [-0.3, -0.25) is 4.79 Å². The Morgan fingerprint density at radius 3 is 1.81 bits per heavy atom. The summed E-state index contributed by atoms with van der Waals surface area (Å²) in [6, 6.07) is 0. The van der Waals surface area contributed by atoms with E-state index < -0.39 is 0 Å². The van der Waals surface area contributed by atoms with Crippen LogP contribution in [0.3, 0.4) is 0 Å². The third kappa shape index (κ3) is 17.3. The van der Waals surface area contributed by atoms with Crippen molar-refractivity contribution >= 4 is 5.97 Å². The second-order valence-electron chi connectivity index (χ2n) is 4.51. The first-order valence-electron chi connectivity index (χ1n) is 7.69. The average Bonchev–Trinajstić information content (AvgIpc) is 2.48. The maximum atomic E-state index is 11.3. The smallest absolute Gasteiger partial charge is 0.305 e. The van der Waals surface area contributed by atoms with Gasteiger partial charge in [-0.1, -0.05) is 19.8 Å². The molecule has 0 aromatic carbocycles. The Balaban J connectivity index is 3.06. The van der Waals surface area contributed by atoms with Crippen LogP contribution in [0.5, 0.6) is 0 Å². The van der Waals surface area contributed by atoms with Crippen LogP contribution in [-0.4, -0.2) is 65.9 Å². The van der Waals surface area contributed by atoms with E-state index in [4.69, 9.17) is 23.7 Å². The summed E-state index contributed by atoms with van der Waals surface area (Å²) in [5.74, 6) is -0.142. The molecule has 0 fully saturated rings. The number of methoxy groups -OCH3 is 1. The fraction of sp³-hybridized carbons (Fsp3) is 0.933. The van der Waals surface area contributed by atoms with E-state index in [1.54, 1.807) is 7.11 Å². The summed E-state index contributed by atoms with van der Waals surface area (Å²) in [6.45, 7) is 6.10. The molecular formula is C15H30O6. The van der Waals surface area contributed by atoms with E-state index in [-0.39, 0.29) is 5.97 Å². The summed E-state index contributed by atoms with van der Waals surface area (Å²) in [4.78, 5) is 11.3. The van der Waals surface area contributed by atoms with Crippen molar-refractivity contribution in [3.63, 3.8) is 0 Å². The van der Waals surface area contributed by atoms with Crippen LogP contribution in [0.25, 0.3) is 0 Å². The lowest BCUT2D eigenvalue weighted by molar-refractivity contribution is -0.145. The first-order valence-corrected chi connectivity index (χ1v) is 7.69. The number of hydrogen-bond acceptors (Lipinski definition) is 6. The summed E-state index contributed by atoms with van der Waals surface area (Å²) in [5, 5.41) is 0. The molecule has 0 unspecified atom stereocenters. The highest BCUT2D eigenvalue weighted by molar-refractivity contribution is 5.69. The van der Waals surface area contributed by atoms with E-state index in [9.17, 15) is 4.79 Å². The van der Waals surface area contributed by atoms with Crippen LogP contribution in [0.2, 0.25) is 0 Å². The Hall–Kier alpha value is -0.690. The predicted molar refractivity (Wildman–Crippen MR) is 79.4 cm³/mol. The fourth-order valence-electron chi connectivity index (χ4n) is 1.49. The largest absolute Gasteiger partial charge is 0.463 e. The maximum Gasteiger partial charge on any atom is 0.305 e. The molecule has 0 aromatic heterocycles. The zero-order valence-corrected chi connectivity index (χ0v) is 13.4. The molecule has 0 spiro atoms. The van der Waals surface area contributed by atoms with Crippen LogP contribution in [0.15, 0.2) is 0 Å². The summed E-state index contributed by atoms with van der Waals surface area (Å²) < 4.78 is 25.7. The zero-order chi connectivity index (χ0) is 15.6. The van der Waals surface area contributed by atoms with E-state index in [2.05, 4.69) is 6.92 Å². The number of rotatable bonds is 16. The molecule has 21 heavy (non-hydrogen) atoms. The molecular weight excluding hydrogens is 276 g/mol. The molecule has 0 aromatic rings. The van der Waals surface area contributed by atoms with E-state index in [0.717, 1.165) is 19.3 Å². The van der Waals surface area contributed by atoms with Crippen molar-refractivity contribution in [3.05, 3.63) is 0 Å². The third-order valence-corrected chi connectivity index (χ3v) is 2.65. The molecule has 0 atom stereocenters. The number of ether oxygens (including phenoxy) is 5. The second-order valence-corrected chi connectivity index (χ2v) is 4.51. The molecule has 0 saturated heterocycles. The van der Waals surface area contributed by atoms with Gasteiger partial charge in [-0.05, 0) is 6.42 Å². The van der Waals surface area contributed by atoms with Crippen LogP contribution in [0.4, 0.5) is 0 Å². The predicted octanol–water partition coefficient (Wildman–Crippen LogP) is 1.81. The molecule has 6 heteroatoms. The van der Waals surface area contributed by atoms with E-state index >= 15 is 0 Å². The Morgan fingerprint density at radius 2 is 1.29 bits per heavy atom. The summed E-state index contributed by atoms with van der Waals surface area (Å²) in [6.07, 6.45) is 3.57. The van der Waals surface area contributed by atoms with Crippen molar-refractivity contribution in [2.45, 2.75) is 32.6 Å². The minimum Gasteiger partial charge on any atom is -0.463 e. The SMILES string of the molecule is CCCCCC(=O)OCCOCCOCCOCCOC. The van der Waals surface area contributed by atoms with Crippen molar-refractivity contribution in [2.75, 3.05) is 60.0 Å². The minimum absolute atomic E-state index is 0.142. The quantitative estimate of drug-likeness (QED) is 0.320. The summed E-state index contributed by atoms with van der Waals surface area (Å²) in [7, 11) is 1.64. The summed E-state index contributed by atoms with van der Waals surface area (Å²) in [5.41, 5.74) is 0. The topological polar surface area (TPSA) is 63.2 Å². The lowest BCUT2D eigenvalue weighted by Crippen LogP contribution is -2.14. The molecule has 0 saturated carbocycles. The molecule has 0 amide bonds. The van der Waals surface area contributed by atoms with Gasteiger partial charge in [0, 0.05) is 13.5 Å². The lowest BCUT2D eigenvalue weighted by Gasteiger charge is -2.07. The van der Waals surface area contributed by atoms with Crippen LogP contribution in [0, 0.1) is 0 Å². The average molecular weight is 306 g/mol. The Bertz CT molecular complexity index is 222. The normalized spacial score (nSPS) is 10.8. The molecule has 0 aliphatic rings. The van der Waals surface area contributed by atoms with Crippen molar-refractivity contribution < 1.29 is 28.5 Å². The number of hydrogen-bond donors (Lipinski definition) is 0. The highest BCUT2D eigenvalue weighted by atomic mass is 16.6. The second kappa shape index (κ2) is 17.4. The molecule has 0 heterocycles. The van der Waals surface area contributed by atoms with Gasteiger partial charge < -0.3 is 23.7 Å². The van der Waals surface area contributed by atoms with Gasteiger partial charge in [0.2, 0.25) is 0 Å². The van der Waals surface area contributed by atoms with Gasteiger partial charge in [-0.2, -0.15) is 0 Å². The molecule has 0 aliphatic carbocycles. The first kappa shape index (κ1) is 20.3. The number of carbonyl (C=O) groups excluding carboxylic acids is 1. The molecule has 0 radical (unpaired) electrons. The fourth-order valence-corrected chi connectivity index (χ4v) is 1.49. The molecule has 6 nitrogen and oxygen atoms in total. The molecule has 0 aliphatic heterocycles. The highest BCUT2D eigenvalue weighted by Crippen LogP contribution is 2.00. The first-order chi connectivity index (χ1) is 10.3. The number of esters is 1. The Morgan fingerprint density at radius 1 is 0.762 bits per heavy atom. The van der Waals surface area contributed by atoms with Gasteiger partial charge in [-0.25, -0.2) is 0 Å². The highest BCUT2D eigenvalue weighted by Gasteiger charge is 2.01. The van der Waals surface area contributed by atoms with Crippen molar-refractivity contribution in [1.29, 1.82) is 0 Å². The molecule has 0 bridgehead atoms. The van der Waals surface area contributed by atoms with E-state index in [1.807, 2.05) is 0 Å². The maximum absolute atomic E-state index is 11.3. The van der Waals surface area contributed by atoms with E-state index in [1.165, 1.54) is 0 Å². The standard InChI is InChI=1S/C15H30O6/c1-3-4-5-6-15(16)21-14-13-20-12-11-19-10-9-18-8-7-17-2/h3-14H2,1-2H3. The van der Waals surface area contributed by atoms with Gasteiger partial charge in [0.15, 0.2) is 0 Å². The lowest BCUT2D eigenvalue weighted by atomic mass is 10.2. The number of unbranched alkanes of at least 4 members (excludes halogenated alkanes) is 2. The monoisotopic (exact) mass is 306 g/mol. The van der Waals surface area contributed by atoms with Gasteiger partial charge in [-0.15, -0.1) is 0 Å². The van der Waals surface area contributed by atoms with Crippen LogP contribution in [-0.2, 0) is 28.5 Å². The van der Waals surface area contributed by atoms with Crippen LogP contribution in [0.1, 0.15) is 32.6 Å². The molecule has 0 rings (SSSR count). The van der Waals surface area contributed by atoms with Gasteiger partial charge in [0.05, 0.1) is 46.2 Å². The number of carbonyl (C=O) groups is 1. The van der Waals surface area contributed by atoms with Crippen LogP contribution < -0.4 is 0 Å². The minimum atomic E-state index is -0.142. The van der Waals surface area contributed by atoms with Crippen molar-refractivity contribution in [1.82, 2.24) is 0 Å². The van der Waals surface area contributed by atoms with Gasteiger partial charge >= 0.3 is 5.97 Å². The van der Waals surface area contributed by atoms with E-state index in [0.29, 0.717) is 59.3 Å². The van der Waals surface area contributed by atoms with Crippen molar-refractivity contribution in [2.24, 2.45) is 0 Å².